The zero-order valence-electron chi connectivity index (χ0n) is 15.4. The molecule has 1 aromatic heterocycles. The van der Waals surface area contributed by atoms with Crippen LogP contribution >= 0.6 is 0 Å². The van der Waals surface area contributed by atoms with Crippen molar-refractivity contribution >= 4 is 17.8 Å². The van der Waals surface area contributed by atoms with Gasteiger partial charge in [-0.3, -0.25) is 14.5 Å². The van der Waals surface area contributed by atoms with E-state index in [0.29, 0.717) is 22.8 Å². The molecule has 2 aromatic rings. The molecule has 0 spiro atoms. The summed E-state index contributed by atoms with van der Waals surface area (Å²) in [6.07, 6.45) is 1.52. The number of benzene rings is 1. The Kier molecular flexibility index (Phi) is 4.21. The first-order valence-corrected chi connectivity index (χ1v) is 8.69. The first-order chi connectivity index (χ1) is 13.4. The highest BCUT2D eigenvalue weighted by Gasteiger charge is 2.50. The van der Waals surface area contributed by atoms with Gasteiger partial charge in [-0.15, -0.1) is 0 Å². The van der Waals surface area contributed by atoms with Crippen molar-refractivity contribution in [3.8, 4) is 11.5 Å². The van der Waals surface area contributed by atoms with Crippen molar-refractivity contribution in [2.45, 2.75) is 19.0 Å². The van der Waals surface area contributed by atoms with Crippen molar-refractivity contribution < 1.29 is 28.3 Å². The summed E-state index contributed by atoms with van der Waals surface area (Å²) in [5, 5.41) is 2.68. The van der Waals surface area contributed by atoms with Crippen LogP contribution in [-0.2, 0) is 21.7 Å². The maximum absolute atomic E-state index is 13.0. The van der Waals surface area contributed by atoms with Crippen molar-refractivity contribution in [2.24, 2.45) is 0 Å². The molecule has 3 heterocycles. The minimum absolute atomic E-state index is 0.110. The van der Waals surface area contributed by atoms with E-state index in [1.165, 1.54) is 11.2 Å². The van der Waals surface area contributed by atoms with Crippen molar-refractivity contribution in [1.29, 1.82) is 0 Å². The van der Waals surface area contributed by atoms with Gasteiger partial charge in [0.15, 0.2) is 11.5 Å². The van der Waals surface area contributed by atoms with Crippen LogP contribution in [0.15, 0.2) is 41.0 Å². The molecule has 0 aliphatic carbocycles. The third-order valence-corrected chi connectivity index (χ3v) is 4.92. The topological polar surface area (TPSA) is 101 Å². The number of ether oxygens (including phenoxy) is 2. The lowest BCUT2D eigenvalue weighted by Gasteiger charge is -2.23. The number of rotatable bonds is 5. The number of carbonyl (C=O) groups is 3. The lowest BCUT2D eigenvalue weighted by molar-refractivity contribution is -0.138. The first kappa shape index (κ1) is 17.9. The zero-order valence-corrected chi connectivity index (χ0v) is 15.4. The minimum Gasteiger partial charge on any atom is -0.467 e. The molecule has 0 bridgehead atoms. The lowest BCUT2D eigenvalue weighted by Crippen LogP contribution is -2.43. The number of urea groups is 1. The monoisotopic (exact) mass is 385 g/mol. The molecule has 146 valence electrons. The highest BCUT2D eigenvalue weighted by Crippen LogP contribution is 2.37. The second-order valence-corrected chi connectivity index (χ2v) is 6.84. The Bertz CT molecular complexity index is 941. The summed E-state index contributed by atoms with van der Waals surface area (Å²) in [4.78, 5) is 40.2. The van der Waals surface area contributed by atoms with Crippen molar-refractivity contribution in [2.75, 3.05) is 20.4 Å². The molecular weight excluding hydrogens is 366 g/mol. The fourth-order valence-corrected chi connectivity index (χ4v) is 3.22. The van der Waals surface area contributed by atoms with Crippen LogP contribution in [0.1, 0.15) is 18.2 Å². The number of amides is 4. The molecule has 0 radical (unpaired) electrons. The smallest absolute Gasteiger partial charge is 0.325 e. The summed E-state index contributed by atoms with van der Waals surface area (Å²) in [5.74, 6) is 0.813. The molecule has 4 rings (SSSR count). The highest BCUT2D eigenvalue weighted by molar-refractivity contribution is 6.09. The van der Waals surface area contributed by atoms with Gasteiger partial charge >= 0.3 is 6.03 Å². The van der Waals surface area contributed by atoms with E-state index in [2.05, 4.69) is 5.32 Å². The van der Waals surface area contributed by atoms with Gasteiger partial charge in [-0.25, -0.2) is 4.79 Å². The fourth-order valence-electron chi connectivity index (χ4n) is 3.22. The highest BCUT2D eigenvalue weighted by atomic mass is 16.7. The molecule has 9 nitrogen and oxygen atoms in total. The average molecular weight is 385 g/mol. The molecule has 2 aliphatic rings. The number of hydrogen-bond acceptors (Lipinski definition) is 6. The molecular formula is C19H19N3O6. The summed E-state index contributed by atoms with van der Waals surface area (Å²) >= 11 is 0. The Morgan fingerprint density at radius 2 is 2.04 bits per heavy atom. The summed E-state index contributed by atoms with van der Waals surface area (Å²) in [7, 11) is 1.58. The predicted molar refractivity (Wildman–Crippen MR) is 95.3 cm³/mol. The Morgan fingerprint density at radius 1 is 1.25 bits per heavy atom. The summed E-state index contributed by atoms with van der Waals surface area (Å²) in [5.41, 5.74) is -0.744. The zero-order chi connectivity index (χ0) is 19.9. The quantitative estimate of drug-likeness (QED) is 0.782. The van der Waals surface area contributed by atoms with Gasteiger partial charge in [0, 0.05) is 7.05 Å². The number of nitrogens with one attached hydrogen (secondary N) is 1. The molecule has 4 amide bonds. The van der Waals surface area contributed by atoms with Gasteiger partial charge < -0.3 is 24.1 Å². The van der Waals surface area contributed by atoms with Gasteiger partial charge in [-0.05, 0) is 36.8 Å². The third kappa shape index (κ3) is 2.94. The molecule has 0 unspecified atom stereocenters. The molecule has 1 fully saturated rings. The van der Waals surface area contributed by atoms with Gasteiger partial charge in [-0.1, -0.05) is 6.07 Å². The van der Waals surface area contributed by atoms with E-state index in [0.717, 1.165) is 4.90 Å². The van der Waals surface area contributed by atoms with Crippen molar-refractivity contribution in [1.82, 2.24) is 15.1 Å². The van der Waals surface area contributed by atoms with Gasteiger partial charge in [-0.2, -0.15) is 0 Å². The van der Waals surface area contributed by atoms with E-state index in [1.54, 1.807) is 44.3 Å². The maximum Gasteiger partial charge on any atom is 0.325 e. The second kappa shape index (κ2) is 6.59. The average Bonchev–Trinajstić information content (AvgIpc) is 3.39. The Morgan fingerprint density at radius 3 is 2.79 bits per heavy atom. The number of nitrogens with zero attached hydrogens (tertiary/aromatic N) is 2. The van der Waals surface area contributed by atoms with Crippen molar-refractivity contribution in [3.05, 3.63) is 47.9 Å². The van der Waals surface area contributed by atoms with E-state index in [4.69, 9.17) is 13.9 Å². The van der Waals surface area contributed by atoms with Crippen LogP contribution in [0.25, 0.3) is 0 Å². The van der Waals surface area contributed by atoms with Crippen LogP contribution in [0.3, 0.4) is 0 Å². The second-order valence-electron chi connectivity index (χ2n) is 6.84. The molecule has 1 N–H and O–H groups in total. The summed E-state index contributed by atoms with van der Waals surface area (Å²) < 4.78 is 15.8. The number of hydrogen-bond donors (Lipinski definition) is 1. The first-order valence-electron chi connectivity index (χ1n) is 8.69. The number of imide groups is 1. The summed E-state index contributed by atoms with van der Waals surface area (Å²) in [6.45, 7) is 1.59. The van der Waals surface area contributed by atoms with E-state index in [9.17, 15) is 14.4 Å². The molecule has 28 heavy (non-hydrogen) atoms. The molecule has 0 saturated carbocycles. The van der Waals surface area contributed by atoms with Crippen molar-refractivity contribution in [3.63, 3.8) is 0 Å². The van der Waals surface area contributed by atoms with E-state index in [1.807, 2.05) is 0 Å². The lowest BCUT2D eigenvalue weighted by atomic mass is 9.91. The Balaban J connectivity index is 1.49. The Hall–Kier alpha value is -3.49. The minimum atomic E-state index is -1.29. The van der Waals surface area contributed by atoms with Crippen LogP contribution in [-0.4, -0.2) is 48.0 Å². The third-order valence-electron chi connectivity index (χ3n) is 4.92. The molecule has 1 atom stereocenters. The molecule has 1 saturated heterocycles. The number of carbonyl (C=O) groups excluding carboxylic acids is 3. The van der Waals surface area contributed by atoms with Crippen LogP contribution in [0.4, 0.5) is 4.79 Å². The Labute approximate surface area is 160 Å². The van der Waals surface area contributed by atoms with Gasteiger partial charge in [0.25, 0.3) is 5.91 Å². The number of fused-ring (bicyclic) bond motifs is 1. The van der Waals surface area contributed by atoms with Gasteiger partial charge in [0.1, 0.15) is 17.8 Å². The van der Waals surface area contributed by atoms with Crippen LogP contribution < -0.4 is 14.8 Å². The van der Waals surface area contributed by atoms with Crippen LogP contribution in [0.5, 0.6) is 11.5 Å². The summed E-state index contributed by atoms with van der Waals surface area (Å²) in [6, 6.07) is 7.89. The maximum atomic E-state index is 13.0. The van der Waals surface area contributed by atoms with Crippen LogP contribution in [0.2, 0.25) is 0 Å². The SMILES string of the molecule is CN(Cc1ccco1)C(=O)CN1C(=O)N[C@](C)(c2ccc3c(c2)OCO3)C1=O. The predicted octanol–water partition coefficient (Wildman–Crippen LogP) is 1.43. The van der Waals surface area contributed by atoms with E-state index < -0.39 is 17.5 Å². The number of likely N-dealkylation sites (N-methyl/N-ethyl adjacent to an activating group) is 1. The molecule has 2 aliphatic heterocycles. The van der Waals surface area contributed by atoms with E-state index >= 15 is 0 Å². The standard InChI is InChI=1S/C19H19N3O6/c1-19(12-5-6-14-15(8-12)28-11-27-14)17(24)22(18(25)20-19)10-16(23)21(2)9-13-4-3-7-26-13/h3-8H,9-11H2,1-2H3,(H,20,25)/t19-/m1/s1. The van der Waals surface area contributed by atoms with Crippen LogP contribution in [0, 0.1) is 0 Å². The van der Waals surface area contributed by atoms with Gasteiger partial charge in [0.2, 0.25) is 12.7 Å². The molecule has 9 heteroatoms. The molecule has 1 aromatic carbocycles. The van der Waals surface area contributed by atoms with E-state index in [-0.39, 0.29) is 25.8 Å². The normalized spacial score (nSPS) is 20.4. The van der Waals surface area contributed by atoms with Gasteiger partial charge in [0.05, 0.1) is 12.8 Å². The number of furan rings is 1. The largest absolute Gasteiger partial charge is 0.467 e. The fraction of sp³-hybridized carbons (Fsp3) is 0.316.